The van der Waals surface area contributed by atoms with Gasteiger partial charge in [-0.1, -0.05) is 37.6 Å². The smallest absolute Gasteiger partial charge is 0.262 e. The lowest BCUT2D eigenvalue weighted by atomic mass is 10.3. The zero-order valence-corrected chi connectivity index (χ0v) is 17.5. The van der Waals surface area contributed by atoms with E-state index in [2.05, 4.69) is 5.32 Å². The number of anilines is 1. The van der Waals surface area contributed by atoms with Gasteiger partial charge in [-0.25, -0.2) is 8.42 Å². The number of ether oxygens (including phenoxy) is 2. The lowest BCUT2D eigenvalue weighted by Crippen LogP contribution is -2.30. The number of nitrogens with one attached hydrogen (secondary N) is 1. The van der Waals surface area contributed by atoms with Crippen LogP contribution in [0, 0.1) is 0 Å². The van der Waals surface area contributed by atoms with Crippen molar-refractivity contribution < 1.29 is 22.7 Å². The zero-order valence-electron chi connectivity index (χ0n) is 15.9. The highest BCUT2D eigenvalue weighted by Crippen LogP contribution is 2.29. The van der Waals surface area contributed by atoms with Crippen molar-refractivity contribution in [3.05, 3.63) is 47.5 Å². The molecule has 9 heteroatoms. The number of benzene rings is 2. The number of sulfonamides is 1. The van der Waals surface area contributed by atoms with Crippen molar-refractivity contribution >= 4 is 33.2 Å². The summed E-state index contributed by atoms with van der Waals surface area (Å²) in [5, 5.41) is 2.79. The molecule has 1 N–H and O–H groups in total. The Bertz CT molecular complexity index is 930. The van der Waals surface area contributed by atoms with Crippen molar-refractivity contribution in [3.8, 4) is 11.5 Å². The third-order valence-electron chi connectivity index (χ3n) is 3.99. The molecule has 152 valence electrons. The lowest BCUT2D eigenvalue weighted by Gasteiger charge is -2.19. The van der Waals surface area contributed by atoms with Gasteiger partial charge in [-0.15, -0.1) is 0 Å². The lowest BCUT2D eigenvalue weighted by molar-refractivity contribution is -0.118. The van der Waals surface area contributed by atoms with Gasteiger partial charge >= 0.3 is 0 Å². The first-order valence-electron chi connectivity index (χ1n) is 8.68. The number of methoxy groups -OCH3 is 1. The summed E-state index contributed by atoms with van der Waals surface area (Å²) in [6.45, 7) is 3.95. The predicted molar refractivity (Wildman–Crippen MR) is 109 cm³/mol. The number of para-hydroxylation sites is 2. The molecule has 2 aromatic rings. The molecule has 0 bridgehead atoms. The molecule has 0 atom stereocenters. The van der Waals surface area contributed by atoms with Crippen LogP contribution in [0.4, 0.5) is 5.69 Å². The van der Waals surface area contributed by atoms with E-state index in [1.807, 2.05) is 0 Å². The molecular weight excluding hydrogens is 404 g/mol. The Morgan fingerprint density at radius 2 is 1.79 bits per heavy atom. The number of amides is 1. The largest absolute Gasteiger partial charge is 0.495 e. The molecule has 1 amide bonds. The summed E-state index contributed by atoms with van der Waals surface area (Å²) in [6.07, 6.45) is 0. The molecule has 2 rings (SSSR count). The zero-order chi connectivity index (χ0) is 20.7. The van der Waals surface area contributed by atoms with Crippen LogP contribution in [0.2, 0.25) is 5.02 Å². The van der Waals surface area contributed by atoms with Crippen LogP contribution in [0.3, 0.4) is 0 Å². The number of hydrogen-bond acceptors (Lipinski definition) is 5. The summed E-state index contributed by atoms with van der Waals surface area (Å²) >= 11 is 6.16. The summed E-state index contributed by atoms with van der Waals surface area (Å²) < 4.78 is 37.0. The van der Waals surface area contributed by atoms with Gasteiger partial charge in [-0.3, -0.25) is 4.79 Å². The van der Waals surface area contributed by atoms with Gasteiger partial charge < -0.3 is 14.8 Å². The molecule has 0 aliphatic carbocycles. The van der Waals surface area contributed by atoms with Crippen molar-refractivity contribution in [2.24, 2.45) is 0 Å². The van der Waals surface area contributed by atoms with Gasteiger partial charge in [0.2, 0.25) is 10.0 Å². The van der Waals surface area contributed by atoms with Crippen molar-refractivity contribution in [2.45, 2.75) is 18.7 Å². The molecule has 0 aliphatic rings. The Kier molecular flexibility index (Phi) is 7.68. The third kappa shape index (κ3) is 5.15. The fourth-order valence-corrected chi connectivity index (χ4v) is 4.33. The molecule has 0 aromatic heterocycles. The van der Waals surface area contributed by atoms with E-state index in [-0.39, 0.29) is 22.3 Å². The van der Waals surface area contributed by atoms with Gasteiger partial charge in [-0.05, 0) is 30.3 Å². The Morgan fingerprint density at radius 3 is 2.39 bits per heavy atom. The second-order valence-corrected chi connectivity index (χ2v) is 8.06. The van der Waals surface area contributed by atoms with Crippen molar-refractivity contribution in [3.63, 3.8) is 0 Å². The second-order valence-electron chi connectivity index (χ2n) is 5.72. The van der Waals surface area contributed by atoms with Crippen LogP contribution < -0.4 is 14.8 Å². The van der Waals surface area contributed by atoms with Gasteiger partial charge in [0.15, 0.2) is 6.61 Å². The van der Waals surface area contributed by atoms with Crippen LogP contribution in [0.15, 0.2) is 47.4 Å². The number of nitrogens with zero attached hydrogens (tertiary/aromatic N) is 1. The molecule has 0 unspecified atom stereocenters. The van der Waals surface area contributed by atoms with Crippen LogP contribution in [-0.4, -0.2) is 45.4 Å². The monoisotopic (exact) mass is 426 g/mol. The fourth-order valence-electron chi connectivity index (χ4n) is 2.55. The molecule has 0 spiro atoms. The fraction of sp³-hybridized carbons (Fsp3) is 0.316. The number of halogens is 1. The maximum atomic E-state index is 12.5. The van der Waals surface area contributed by atoms with Crippen molar-refractivity contribution in [1.29, 1.82) is 0 Å². The standard InChI is InChI=1S/C19H23ClN2O5S/c1-4-22(5-2)28(24,25)14-10-11-17(15(20)12-14)27-13-19(23)21-16-8-6-7-9-18(16)26-3/h6-12H,4-5,13H2,1-3H3,(H,21,23). The first-order chi connectivity index (χ1) is 13.3. The van der Waals surface area contributed by atoms with Crippen LogP contribution >= 0.6 is 11.6 Å². The SMILES string of the molecule is CCN(CC)S(=O)(=O)c1ccc(OCC(=O)Nc2ccccc2OC)c(Cl)c1. The molecule has 0 fully saturated rings. The molecule has 0 heterocycles. The number of carbonyl (C=O) groups excluding carboxylic acids is 1. The van der Waals surface area contributed by atoms with Crippen molar-refractivity contribution in [2.75, 3.05) is 32.1 Å². The Hall–Kier alpha value is -2.29. The molecule has 0 radical (unpaired) electrons. The molecule has 2 aromatic carbocycles. The minimum atomic E-state index is -3.62. The predicted octanol–water partition coefficient (Wildman–Crippen LogP) is 3.40. The summed E-state index contributed by atoms with van der Waals surface area (Å²) in [5.74, 6) is 0.343. The van der Waals surface area contributed by atoms with E-state index in [1.165, 1.54) is 29.6 Å². The van der Waals surface area contributed by atoms with Crippen LogP contribution in [0.5, 0.6) is 11.5 Å². The molecule has 0 saturated heterocycles. The van der Waals surface area contributed by atoms with E-state index in [0.717, 1.165) is 0 Å². The van der Waals surface area contributed by atoms with Gasteiger partial charge in [0.25, 0.3) is 5.91 Å². The van der Waals surface area contributed by atoms with E-state index in [4.69, 9.17) is 21.1 Å². The maximum absolute atomic E-state index is 12.5. The molecule has 0 aliphatic heterocycles. The second kappa shape index (κ2) is 9.77. The van der Waals surface area contributed by atoms with E-state index >= 15 is 0 Å². The van der Waals surface area contributed by atoms with E-state index in [1.54, 1.807) is 38.1 Å². The van der Waals surface area contributed by atoms with Crippen LogP contribution in [-0.2, 0) is 14.8 Å². The number of carbonyl (C=O) groups is 1. The number of rotatable bonds is 9. The van der Waals surface area contributed by atoms with E-state index in [0.29, 0.717) is 24.5 Å². The van der Waals surface area contributed by atoms with E-state index < -0.39 is 15.9 Å². The summed E-state index contributed by atoms with van der Waals surface area (Å²) in [6, 6.07) is 11.2. The molecule has 7 nitrogen and oxygen atoms in total. The highest BCUT2D eigenvalue weighted by Gasteiger charge is 2.22. The van der Waals surface area contributed by atoms with Gasteiger partial charge in [0.1, 0.15) is 11.5 Å². The average molecular weight is 427 g/mol. The van der Waals surface area contributed by atoms with Gasteiger partial charge in [0.05, 0.1) is 22.7 Å². The van der Waals surface area contributed by atoms with E-state index in [9.17, 15) is 13.2 Å². The molecular formula is C19H23ClN2O5S. The van der Waals surface area contributed by atoms with Gasteiger partial charge in [0, 0.05) is 13.1 Å². The maximum Gasteiger partial charge on any atom is 0.262 e. The Balaban J connectivity index is 2.06. The molecule has 0 saturated carbocycles. The minimum absolute atomic E-state index is 0.0759. The highest BCUT2D eigenvalue weighted by atomic mass is 35.5. The third-order valence-corrected chi connectivity index (χ3v) is 6.33. The minimum Gasteiger partial charge on any atom is -0.495 e. The Labute approximate surface area is 170 Å². The molecule has 28 heavy (non-hydrogen) atoms. The average Bonchev–Trinajstić information content (AvgIpc) is 2.68. The topological polar surface area (TPSA) is 84.9 Å². The van der Waals surface area contributed by atoms with Gasteiger partial charge in [-0.2, -0.15) is 4.31 Å². The van der Waals surface area contributed by atoms with Crippen LogP contribution in [0.1, 0.15) is 13.8 Å². The summed E-state index contributed by atoms with van der Waals surface area (Å²) in [7, 11) is -2.11. The van der Waals surface area contributed by atoms with Crippen LogP contribution in [0.25, 0.3) is 0 Å². The first-order valence-corrected chi connectivity index (χ1v) is 10.5. The number of hydrogen-bond donors (Lipinski definition) is 1. The Morgan fingerprint density at radius 1 is 1.11 bits per heavy atom. The first kappa shape index (κ1) is 22.0. The summed E-state index contributed by atoms with van der Waals surface area (Å²) in [4.78, 5) is 12.2. The summed E-state index contributed by atoms with van der Waals surface area (Å²) in [5.41, 5.74) is 0.519. The highest BCUT2D eigenvalue weighted by molar-refractivity contribution is 7.89. The quantitative estimate of drug-likeness (QED) is 0.664. The van der Waals surface area contributed by atoms with Crippen molar-refractivity contribution in [1.82, 2.24) is 4.31 Å². The normalized spacial score (nSPS) is 11.3.